The number of amides is 2. The molecular weight excluding hydrogens is 338 g/mol. The summed E-state index contributed by atoms with van der Waals surface area (Å²) in [6.07, 6.45) is 2.35. The fraction of sp³-hybridized carbons (Fsp3) is 0.389. The molecule has 0 spiro atoms. The van der Waals surface area contributed by atoms with Gasteiger partial charge in [0.2, 0.25) is 5.91 Å². The lowest BCUT2D eigenvalue weighted by atomic mass is 10.2. The third-order valence-electron chi connectivity index (χ3n) is 4.35. The molecule has 2 heterocycles. The minimum atomic E-state index is -0.156. The molecule has 0 bridgehead atoms. The zero-order chi connectivity index (χ0) is 17.8. The number of carbonyl (C=O) groups excluding carboxylic acids is 2. The number of nitrogens with one attached hydrogen (secondary N) is 1. The lowest BCUT2D eigenvalue weighted by Gasteiger charge is -2.15. The first kappa shape index (κ1) is 17.4. The number of thiazole rings is 1. The van der Waals surface area contributed by atoms with E-state index in [2.05, 4.69) is 5.32 Å². The van der Waals surface area contributed by atoms with Crippen LogP contribution in [0.1, 0.15) is 35.3 Å². The van der Waals surface area contributed by atoms with Gasteiger partial charge in [0.1, 0.15) is 0 Å². The maximum absolute atomic E-state index is 12.3. The maximum Gasteiger partial charge on any atom is 0.307 e. The number of likely N-dealkylation sites (tertiary alicyclic amines) is 1. The van der Waals surface area contributed by atoms with Crippen molar-refractivity contribution < 1.29 is 9.59 Å². The molecular formula is C18H21N3O3S. The van der Waals surface area contributed by atoms with Crippen molar-refractivity contribution in [1.82, 2.24) is 9.47 Å². The molecule has 0 atom stereocenters. The Bertz CT molecular complexity index is 817. The second kappa shape index (κ2) is 7.65. The van der Waals surface area contributed by atoms with Crippen LogP contribution in [0.3, 0.4) is 0 Å². The monoisotopic (exact) mass is 359 g/mol. The quantitative estimate of drug-likeness (QED) is 0.891. The van der Waals surface area contributed by atoms with E-state index in [0.29, 0.717) is 17.8 Å². The highest BCUT2D eigenvalue weighted by molar-refractivity contribution is 7.07. The highest BCUT2D eigenvalue weighted by atomic mass is 32.1. The number of aryl methyl sites for hydroxylation is 1. The molecule has 1 aliphatic rings. The van der Waals surface area contributed by atoms with Crippen LogP contribution < -0.4 is 10.2 Å². The molecule has 1 N–H and O–H groups in total. The second-order valence-electron chi connectivity index (χ2n) is 6.17. The van der Waals surface area contributed by atoms with Crippen molar-refractivity contribution in [1.29, 1.82) is 0 Å². The molecule has 0 aliphatic carbocycles. The molecule has 0 unspecified atom stereocenters. The summed E-state index contributed by atoms with van der Waals surface area (Å²) in [7, 11) is 0. The summed E-state index contributed by atoms with van der Waals surface area (Å²) in [4.78, 5) is 37.8. The van der Waals surface area contributed by atoms with Crippen LogP contribution in [0.2, 0.25) is 0 Å². The zero-order valence-corrected chi connectivity index (χ0v) is 15.0. The van der Waals surface area contributed by atoms with E-state index in [-0.39, 0.29) is 23.1 Å². The van der Waals surface area contributed by atoms with Gasteiger partial charge >= 0.3 is 4.87 Å². The standard InChI is InChI=1S/C18H21N3O3S/c1-13-12-25-18(24)21(13)11-8-16(22)19-15-6-4-14(5-7-15)17(23)20-9-2-3-10-20/h4-7,12H,2-3,8-11H2,1H3,(H,19,22). The van der Waals surface area contributed by atoms with Crippen molar-refractivity contribution >= 4 is 28.8 Å². The van der Waals surface area contributed by atoms with Crippen LogP contribution in [0.4, 0.5) is 5.69 Å². The normalized spacial score (nSPS) is 13.9. The van der Waals surface area contributed by atoms with Gasteiger partial charge in [-0.2, -0.15) is 0 Å². The van der Waals surface area contributed by atoms with E-state index in [1.54, 1.807) is 34.2 Å². The third kappa shape index (κ3) is 4.17. The van der Waals surface area contributed by atoms with Gasteiger partial charge in [-0.15, -0.1) is 0 Å². The smallest absolute Gasteiger partial charge is 0.307 e. The average Bonchev–Trinajstić information content (AvgIpc) is 3.24. The van der Waals surface area contributed by atoms with Crippen molar-refractivity contribution in [3.05, 3.63) is 50.6 Å². The van der Waals surface area contributed by atoms with E-state index >= 15 is 0 Å². The Morgan fingerprint density at radius 2 is 1.84 bits per heavy atom. The second-order valence-corrected chi connectivity index (χ2v) is 6.99. The fourth-order valence-electron chi connectivity index (χ4n) is 2.91. The summed E-state index contributed by atoms with van der Waals surface area (Å²) in [5.74, 6) is -0.112. The Labute approximate surface area is 150 Å². The molecule has 0 saturated carbocycles. The van der Waals surface area contributed by atoms with Gasteiger partial charge in [0.05, 0.1) is 0 Å². The van der Waals surface area contributed by atoms with Gasteiger partial charge < -0.3 is 14.8 Å². The van der Waals surface area contributed by atoms with Gasteiger partial charge in [-0.05, 0) is 44.0 Å². The van der Waals surface area contributed by atoms with E-state index in [1.807, 2.05) is 11.8 Å². The molecule has 6 nitrogen and oxygen atoms in total. The highest BCUT2D eigenvalue weighted by Gasteiger charge is 2.19. The van der Waals surface area contributed by atoms with Gasteiger partial charge in [-0.25, -0.2) is 0 Å². The van der Waals surface area contributed by atoms with Crippen LogP contribution in [0, 0.1) is 6.92 Å². The van der Waals surface area contributed by atoms with Crippen LogP contribution in [0.5, 0.6) is 0 Å². The number of rotatable bonds is 5. The van der Waals surface area contributed by atoms with Gasteiger partial charge in [0.15, 0.2) is 0 Å². The molecule has 1 saturated heterocycles. The molecule has 1 aliphatic heterocycles. The summed E-state index contributed by atoms with van der Waals surface area (Å²) in [5.41, 5.74) is 2.16. The van der Waals surface area contributed by atoms with E-state index < -0.39 is 0 Å². The minimum Gasteiger partial charge on any atom is -0.339 e. The topological polar surface area (TPSA) is 71.4 Å². The first-order valence-corrected chi connectivity index (χ1v) is 9.26. The largest absolute Gasteiger partial charge is 0.339 e. The summed E-state index contributed by atoms with van der Waals surface area (Å²) in [5, 5.41) is 4.59. The zero-order valence-electron chi connectivity index (χ0n) is 14.2. The van der Waals surface area contributed by atoms with Crippen molar-refractivity contribution in [2.24, 2.45) is 0 Å². The number of nitrogens with zero attached hydrogens (tertiary/aromatic N) is 2. The Kier molecular flexibility index (Phi) is 5.33. The lowest BCUT2D eigenvalue weighted by Crippen LogP contribution is -2.27. The van der Waals surface area contributed by atoms with Crippen molar-refractivity contribution in [2.75, 3.05) is 18.4 Å². The van der Waals surface area contributed by atoms with Gasteiger partial charge in [-0.1, -0.05) is 11.3 Å². The Morgan fingerprint density at radius 3 is 2.44 bits per heavy atom. The molecule has 1 aromatic heterocycles. The highest BCUT2D eigenvalue weighted by Crippen LogP contribution is 2.15. The van der Waals surface area contributed by atoms with E-state index in [1.165, 1.54) is 0 Å². The molecule has 3 rings (SSSR count). The molecule has 25 heavy (non-hydrogen) atoms. The number of hydrogen-bond donors (Lipinski definition) is 1. The average molecular weight is 359 g/mol. The number of anilines is 1. The van der Waals surface area contributed by atoms with Crippen LogP contribution in [0.25, 0.3) is 0 Å². The summed E-state index contributed by atoms with van der Waals surface area (Å²) >= 11 is 1.14. The molecule has 7 heteroatoms. The lowest BCUT2D eigenvalue weighted by molar-refractivity contribution is -0.116. The Balaban J connectivity index is 1.55. The number of aromatic nitrogens is 1. The first-order chi connectivity index (χ1) is 12.0. The maximum atomic E-state index is 12.3. The predicted octanol–water partition coefficient (Wildman–Crippen LogP) is 2.48. The fourth-order valence-corrected chi connectivity index (χ4v) is 3.67. The molecule has 1 fully saturated rings. The van der Waals surface area contributed by atoms with Gasteiger partial charge in [0.25, 0.3) is 5.91 Å². The molecule has 2 amide bonds. The van der Waals surface area contributed by atoms with Crippen molar-refractivity contribution in [3.63, 3.8) is 0 Å². The predicted molar refractivity (Wildman–Crippen MR) is 98.1 cm³/mol. The number of hydrogen-bond acceptors (Lipinski definition) is 4. The number of carbonyl (C=O) groups is 2. The molecule has 0 radical (unpaired) electrons. The Hall–Kier alpha value is -2.41. The van der Waals surface area contributed by atoms with E-state index in [0.717, 1.165) is 43.0 Å². The van der Waals surface area contributed by atoms with Crippen LogP contribution in [-0.2, 0) is 11.3 Å². The van der Waals surface area contributed by atoms with Crippen LogP contribution >= 0.6 is 11.3 Å². The van der Waals surface area contributed by atoms with Crippen molar-refractivity contribution in [2.45, 2.75) is 32.7 Å². The number of benzene rings is 1. The molecule has 132 valence electrons. The Morgan fingerprint density at radius 1 is 1.16 bits per heavy atom. The SMILES string of the molecule is Cc1csc(=O)n1CCC(=O)Nc1ccc(C(=O)N2CCCC2)cc1. The van der Waals surface area contributed by atoms with Crippen LogP contribution in [0.15, 0.2) is 34.4 Å². The molecule has 2 aromatic rings. The summed E-state index contributed by atoms with van der Waals surface area (Å²) in [6.45, 7) is 3.86. The van der Waals surface area contributed by atoms with Gasteiger partial charge in [-0.3, -0.25) is 14.4 Å². The van der Waals surface area contributed by atoms with Gasteiger partial charge in [0, 0.05) is 48.4 Å². The van der Waals surface area contributed by atoms with E-state index in [9.17, 15) is 14.4 Å². The minimum absolute atomic E-state index is 0.0442. The summed E-state index contributed by atoms with van der Waals surface area (Å²) in [6, 6.07) is 6.96. The van der Waals surface area contributed by atoms with E-state index in [4.69, 9.17) is 0 Å². The molecule has 1 aromatic carbocycles. The third-order valence-corrected chi connectivity index (χ3v) is 5.23. The van der Waals surface area contributed by atoms with Crippen LogP contribution in [-0.4, -0.2) is 34.4 Å². The van der Waals surface area contributed by atoms with Crippen molar-refractivity contribution in [3.8, 4) is 0 Å². The first-order valence-electron chi connectivity index (χ1n) is 8.39. The summed E-state index contributed by atoms with van der Waals surface area (Å²) < 4.78 is 1.60.